The van der Waals surface area contributed by atoms with Crippen LogP contribution in [0.4, 0.5) is 4.39 Å². The number of aryl methyl sites for hydroxylation is 1. The molecule has 1 heterocycles. The Morgan fingerprint density at radius 1 is 1.35 bits per heavy atom. The molecule has 0 aliphatic carbocycles. The van der Waals surface area contributed by atoms with Gasteiger partial charge in [0.2, 0.25) is 0 Å². The highest BCUT2D eigenvalue weighted by atomic mass is 35.5. The summed E-state index contributed by atoms with van der Waals surface area (Å²) in [5.41, 5.74) is 1.47. The second-order valence-electron chi connectivity index (χ2n) is 3.47. The summed E-state index contributed by atoms with van der Waals surface area (Å²) in [5, 5.41) is 4.68. The first kappa shape index (κ1) is 12.7. The van der Waals surface area contributed by atoms with Crippen LogP contribution in [-0.2, 0) is 5.88 Å². The van der Waals surface area contributed by atoms with Crippen molar-refractivity contribution < 1.29 is 4.39 Å². The summed E-state index contributed by atoms with van der Waals surface area (Å²) in [7, 11) is 0. The van der Waals surface area contributed by atoms with E-state index in [1.54, 1.807) is 13.0 Å². The Labute approximate surface area is 113 Å². The van der Waals surface area contributed by atoms with Crippen molar-refractivity contribution in [3.63, 3.8) is 0 Å². The number of benzene rings is 1. The van der Waals surface area contributed by atoms with Gasteiger partial charge in [0.25, 0.3) is 0 Å². The van der Waals surface area contributed by atoms with Crippen LogP contribution in [0.2, 0.25) is 10.2 Å². The Morgan fingerprint density at radius 2 is 2.06 bits per heavy atom. The minimum absolute atomic E-state index is 0.138. The van der Waals surface area contributed by atoms with E-state index in [0.717, 1.165) is 0 Å². The van der Waals surface area contributed by atoms with Crippen molar-refractivity contribution in [2.45, 2.75) is 12.8 Å². The van der Waals surface area contributed by atoms with Gasteiger partial charge in [0.05, 0.1) is 16.6 Å². The van der Waals surface area contributed by atoms with Crippen molar-refractivity contribution in [3.8, 4) is 5.69 Å². The molecule has 2 nitrogen and oxygen atoms in total. The van der Waals surface area contributed by atoms with Gasteiger partial charge < -0.3 is 0 Å². The van der Waals surface area contributed by atoms with E-state index in [9.17, 15) is 4.39 Å². The quantitative estimate of drug-likeness (QED) is 0.752. The molecule has 0 amide bonds. The van der Waals surface area contributed by atoms with Crippen molar-refractivity contribution in [3.05, 3.63) is 45.4 Å². The van der Waals surface area contributed by atoms with Gasteiger partial charge in [-0.2, -0.15) is 5.10 Å². The number of aromatic nitrogens is 2. The van der Waals surface area contributed by atoms with Gasteiger partial charge in [0.15, 0.2) is 0 Å². The molecule has 0 aliphatic heterocycles. The van der Waals surface area contributed by atoms with E-state index in [2.05, 4.69) is 5.10 Å². The molecule has 0 radical (unpaired) electrons. The third-order valence-electron chi connectivity index (χ3n) is 2.40. The first-order valence-corrected chi connectivity index (χ1v) is 6.09. The van der Waals surface area contributed by atoms with Gasteiger partial charge in [-0.25, -0.2) is 9.07 Å². The molecule has 0 spiro atoms. The topological polar surface area (TPSA) is 17.8 Å². The molecule has 17 heavy (non-hydrogen) atoms. The summed E-state index contributed by atoms with van der Waals surface area (Å²) in [6.07, 6.45) is 0. The number of rotatable bonds is 2. The molecule has 0 atom stereocenters. The number of alkyl halides is 1. The molecule has 1 aromatic carbocycles. The van der Waals surface area contributed by atoms with Crippen molar-refractivity contribution in [1.29, 1.82) is 0 Å². The molecule has 2 rings (SSSR count). The molecule has 0 N–H and O–H groups in total. The van der Waals surface area contributed by atoms with Crippen molar-refractivity contribution in [2.75, 3.05) is 0 Å². The van der Waals surface area contributed by atoms with Crippen LogP contribution in [0.5, 0.6) is 0 Å². The number of hydrogen-bond acceptors (Lipinski definition) is 1. The molecule has 6 heteroatoms. The summed E-state index contributed by atoms with van der Waals surface area (Å²) in [6.45, 7) is 1.76. The molecule has 1 aromatic heterocycles. The molecule has 0 aliphatic rings. The maximum atomic E-state index is 13.7. The van der Waals surface area contributed by atoms with Gasteiger partial charge >= 0.3 is 0 Å². The van der Waals surface area contributed by atoms with E-state index in [4.69, 9.17) is 34.8 Å². The summed E-state index contributed by atoms with van der Waals surface area (Å²) in [6, 6.07) is 4.40. The summed E-state index contributed by atoms with van der Waals surface area (Å²) in [5.74, 6) is -0.264. The molecular formula is C11H8Cl3FN2. The Bertz CT molecular complexity index is 546. The maximum Gasteiger partial charge on any atom is 0.150 e. The normalized spacial score (nSPS) is 10.9. The third kappa shape index (κ3) is 2.15. The van der Waals surface area contributed by atoms with Gasteiger partial charge in [0, 0.05) is 5.56 Å². The predicted octanol–water partition coefficient (Wildman–Crippen LogP) is 4.37. The Kier molecular flexibility index (Phi) is 3.61. The summed E-state index contributed by atoms with van der Waals surface area (Å²) < 4.78 is 15.0. The second-order valence-corrected chi connectivity index (χ2v) is 4.50. The number of hydrogen-bond donors (Lipinski definition) is 0. The van der Waals surface area contributed by atoms with E-state index in [1.165, 1.54) is 16.8 Å². The van der Waals surface area contributed by atoms with Crippen LogP contribution in [0.3, 0.4) is 0 Å². The first-order chi connectivity index (χ1) is 8.06. The number of nitrogens with zero attached hydrogens (tertiary/aromatic N) is 2. The van der Waals surface area contributed by atoms with Crippen LogP contribution in [0, 0.1) is 12.7 Å². The van der Waals surface area contributed by atoms with Crippen LogP contribution in [0.25, 0.3) is 5.69 Å². The standard InChI is InChI=1S/C11H8Cl3FN2/c1-6-7(5-12)11(14)17(16-6)10-8(13)3-2-4-9(10)15/h2-4H,5H2,1H3. The monoisotopic (exact) mass is 292 g/mol. The minimum atomic E-state index is -0.483. The van der Waals surface area contributed by atoms with Crippen molar-refractivity contribution >= 4 is 34.8 Å². The first-order valence-electron chi connectivity index (χ1n) is 4.80. The maximum absolute atomic E-state index is 13.7. The average Bonchev–Trinajstić information content (AvgIpc) is 2.54. The van der Waals surface area contributed by atoms with E-state index in [0.29, 0.717) is 11.3 Å². The number of para-hydroxylation sites is 1. The lowest BCUT2D eigenvalue weighted by molar-refractivity contribution is 0.610. The molecule has 0 saturated carbocycles. The van der Waals surface area contributed by atoms with E-state index >= 15 is 0 Å². The predicted molar refractivity (Wildman–Crippen MR) is 67.8 cm³/mol. The lowest BCUT2D eigenvalue weighted by atomic mass is 10.3. The van der Waals surface area contributed by atoms with Crippen molar-refractivity contribution in [1.82, 2.24) is 9.78 Å². The molecule has 0 bridgehead atoms. The minimum Gasteiger partial charge on any atom is -0.217 e. The van der Waals surface area contributed by atoms with Gasteiger partial charge in [-0.1, -0.05) is 29.3 Å². The van der Waals surface area contributed by atoms with Crippen molar-refractivity contribution in [2.24, 2.45) is 0 Å². The molecular weight excluding hydrogens is 285 g/mol. The highest BCUT2D eigenvalue weighted by molar-refractivity contribution is 6.33. The van der Waals surface area contributed by atoms with E-state index in [1.807, 2.05) is 0 Å². The van der Waals surface area contributed by atoms with Crippen LogP contribution < -0.4 is 0 Å². The zero-order valence-corrected chi connectivity index (χ0v) is 11.1. The fourth-order valence-corrected chi connectivity index (χ4v) is 2.48. The fourth-order valence-electron chi connectivity index (χ4n) is 1.52. The summed E-state index contributed by atoms with van der Waals surface area (Å²) >= 11 is 17.8. The zero-order valence-electron chi connectivity index (χ0n) is 8.85. The molecule has 0 fully saturated rings. The van der Waals surface area contributed by atoms with Gasteiger partial charge in [-0.15, -0.1) is 11.6 Å². The van der Waals surface area contributed by atoms with E-state index in [-0.39, 0.29) is 21.7 Å². The third-order valence-corrected chi connectivity index (χ3v) is 3.37. The highest BCUT2D eigenvalue weighted by Gasteiger charge is 2.18. The molecule has 0 unspecified atom stereocenters. The van der Waals surface area contributed by atoms with Crippen LogP contribution in [-0.4, -0.2) is 9.78 Å². The molecule has 90 valence electrons. The lowest BCUT2D eigenvalue weighted by Crippen LogP contribution is -2.01. The second kappa shape index (κ2) is 4.84. The highest BCUT2D eigenvalue weighted by Crippen LogP contribution is 2.30. The Morgan fingerprint density at radius 3 is 2.59 bits per heavy atom. The molecule has 0 saturated heterocycles. The molecule has 2 aromatic rings. The Balaban J connectivity index is 2.69. The lowest BCUT2D eigenvalue weighted by Gasteiger charge is -2.06. The van der Waals surface area contributed by atoms with Crippen LogP contribution in [0.15, 0.2) is 18.2 Å². The summed E-state index contributed by atoms with van der Waals surface area (Å²) in [4.78, 5) is 0. The zero-order chi connectivity index (χ0) is 12.6. The van der Waals surface area contributed by atoms with Gasteiger partial charge in [-0.05, 0) is 19.1 Å². The number of halogens is 4. The smallest absolute Gasteiger partial charge is 0.150 e. The SMILES string of the molecule is Cc1nn(-c2c(F)cccc2Cl)c(Cl)c1CCl. The fraction of sp³-hybridized carbons (Fsp3) is 0.182. The van der Waals surface area contributed by atoms with Crippen LogP contribution >= 0.6 is 34.8 Å². The largest absolute Gasteiger partial charge is 0.217 e. The van der Waals surface area contributed by atoms with Crippen LogP contribution in [0.1, 0.15) is 11.3 Å². The van der Waals surface area contributed by atoms with E-state index < -0.39 is 5.82 Å². The Hall–Kier alpha value is -0.770. The average molecular weight is 294 g/mol. The van der Waals surface area contributed by atoms with Gasteiger partial charge in [0.1, 0.15) is 16.7 Å². The van der Waals surface area contributed by atoms with Gasteiger partial charge in [-0.3, -0.25) is 0 Å².